The Bertz CT molecular complexity index is 455. The highest BCUT2D eigenvalue weighted by molar-refractivity contribution is 5.27. The van der Waals surface area contributed by atoms with Gasteiger partial charge in [0.2, 0.25) is 0 Å². The molecule has 1 aromatic heterocycles. The van der Waals surface area contributed by atoms with E-state index in [9.17, 15) is 8.78 Å². The fraction of sp³-hybridized carbons (Fsp3) is 0.111. The summed E-state index contributed by atoms with van der Waals surface area (Å²) in [7, 11) is 0. The lowest BCUT2D eigenvalue weighted by molar-refractivity contribution is 0.564. The highest BCUT2D eigenvalue weighted by atomic mass is 19.1. The van der Waals surface area contributed by atoms with Crippen LogP contribution in [0.5, 0.6) is 0 Å². The van der Waals surface area contributed by atoms with Gasteiger partial charge in [-0.2, -0.15) is 15.4 Å². The number of halogens is 2. The third-order valence-electron chi connectivity index (χ3n) is 2.05. The average Bonchev–Trinajstić information content (AvgIpc) is 2.69. The minimum Gasteiger partial charge on any atom is -0.319 e. The Morgan fingerprint density at radius 2 is 2.13 bits per heavy atom. The van der Waals surface area contributed by atoms with Gasteiger partial charge in [-0.15, -0.1) is 0 Å². The quantitative estimate of drug-likeness (QED) is 0.780. The van der Waals surface area contributed by atoms with E-state index >= 15 is 0 Å². The molecule has 0 aliphatic heterocycles. The first-order valence-corrected chi connectivity index (χ1v) is 4.24. The van der Waals surface area contributed by atoms with Gasteiger partial charge in [0.25, 0.3) is 0 Å². The van der Waals surface area contributed by atoms with Crippen LogP contribution in [0.15, 0.2) is 24.4 Å². The Labute approximate surface area is 84.1 Å². The SMILES string of the molecule is NC(c1cn[nH]n1)c1ccc(F)cc1F. The summed E-state index contributed by atoms with van der Waals surface area (Å²) in [5.41, 5.74) is 6.32. The number of benzene rings is 1. The summed E-state index contributed by atoms with van der Waals surface area (Å²) >= 11 is 0. The molecule has 2 aromatic rings. The fourth-order valence-corrected chi connectivity index (χ4v) is 1.27. The number of aromatic nitrogens is 3. The number of aromatic amines is 1. The van der Waals surface area contributed by atoms with E-state index in [-0.39, 0.29) is 5.56 Å². The first-order chi connectivity index (χ1) is 7.18. The number of H-pyrrole nitrogens is 1. The summed E-state index contributed by atoms with van der Waals surface area (Å²) in [6.07, 6.45) is 1.40. The maximum Gasteiger partial charge on any atom is 0.131 e. The third kappa shape index (κ3) is 1.84. The van der Waals surface area contributed by atoms with Crippen LogP contribution in [-0.4, -0.2) is 15.4 Å². The number of nitrogens with zero attached hydrogens (tertiary/aromatic N) is 2. The van der Waals surface area contributed by atoms with Crippen molar-refractivity contribution in [2.24, 2.45) is 5.73 Å². The van der Waals surface area contributed by atoms with Crippen molar-refractivity contribution in [2.75, 3.05) is 0 Å². The normalized spacial score (nSPS) is 12.7. The van der Waals surface area contributed by atoms with Crippen molar-refractivity contribution in [3.05, 3.63) is 47.3 Å². The molecule has 0 radical (unpaired) electrons. The van der Waals surface area contributed by atoms with Crippen molar-refractivity contribution in [2.45, 2.75) is 6.04 Å². The molecule has 0 aliphatic carbocycles. The first-order valence-electron chi connectivity index (χ1n) is 4.24. The lowest BCUT2D eigenvalue weighted by Crippen LogP contribution is -2.14. The van der Waals surface area contributed by atoms with E-state index in [2.05, 4.69) is 15.4 Å². The fourth-order valence-electron chi connectivity index (χ4n) is 1.27. The van der Waals surface area contributed by atoms with E-state index in [4.69, 9.17) is 5.73 Å². The molecule has 78 valence electrons. The Hall–Kier alpha value is -1.82. The molecule has 0 bridgehead atoms. The van der Waals surface area contributed by atoms with Crippen molar-refractivity contribution < 1.29 is 8.78 Å². The number of hydrogen-bond donors (Lipinski definition) is 2. The van der Waals surface area contributed by atoms with Crippen LogP contribution in [0.1, 0.15) is 17.3 Å². The van der Waals surface area contributed by atoms with Crippen LogP contribution >= 0.6 is 0 Å². The van der Waals surface area contributed by atoms with Crippen molar-refractivity contribution >= 4 is 0 Å². The molecule has 1 unspecified atom stereocenters. The van der Waals surface area contributed by atoms with E-state index < -0.39 is 17.7 Å². The molecular weight excluding hydrogens is 202 g/mol. The summed E-state index contributed by atoms with van der Waals surface area (Å²) in [5.74, 6) is -1.32. The predicted octanol–water partition coefficient (Wildman–Crippen LogP) is 1.13. The summed E-state index contributed by atoms with van der Waals surface area (Å²) < 4.78 is 26.0. The van der Waals surface area contributed by atoms with Gasteiger partial charge in [-0.25, -0.2) is 8.78 Å². The molecule has 1 aromatic carbocycles. The van der Waals surface area contributed by atoms with Gasteiger partial charge in [-0.3, -0.25) is 0 Å². The van der Waals surface area contributed by atoms with E-state index in [1.54, 1.807) is 0 Å². The predicted molar refractivity (Wildman–Crippen MR) is 48.8 cm³/mol. The molecule has 0 saturated carbocycles. The topological polar surface area (TPSA) is 67.6 Å². The molecule has 0 aliphatic rings. The van der Waals surface area contributed by atoms with Crippen molar-refractivity contribution in [1.82, 2.24) is 15.4 Å². The lowest BCUT2D eigenvalue weighted by Gasteiger charge is -2.09. The minimum absolute atomic E-state index is 0.185. The second kappa shape index (κ2) is 3.74. The maximum atomic E-state index is 13.3. The van der Waals surface area contributed by atoms with Gasteiger partial charge in [0.15, 0.2) is 0 Å². The van der Waals surface area contributed by atoms with Crippen LogP contribution in [0.25, 0.3) is 0 Å². The Morgan fingerprint density at radius 3 is 2.73 bits per heavy atom. The standard InChI is InChI=1S/C9H8F2N4/c10-5-1-2-6(7(11)3-5)9(12)8-4-13-15-14-8/h1-4,9H,12H2,(H,13,14,15). The molecule has 4 nitrogen and oxygen atoms in total. The molecule has 0 fully saturated rings. The molecule has 0 saturated heterocycles. The van der Waals surface area contributed by atoms with E-state index in [1.165, 1.54) is 12.3 Å². The van der Waals surface area contributed by atoms with Gasteiger partial charge < -0.3 is 5.73 Å². The molecule has 3 N–H and O–H groups in total. The van der Waals surface area contributed by atoms with Crippen molar-refractivity contribution in [3.8, 4) is 0 Å². The first kappa shape index (κ1) is 9.72. The zero-order valence-corrected chi connectivity index (χ0v) is 7.61. The second-order valence-electron chi connectivity index (χ2n) is 3.04. The van der Waals surface area contributed by atoms with Crippen LogP contribution in [0, 0.1) is 11.6 Å². The van der Waals surface area contributed by atoms with Crippen molar-refractivity contribution in [1.29, 1.82) is 0 Å². The molecular formula is C9H8F2N4. The van der Waals surface area contributed by atoms with Gasteiger partial charge >= 0.3 is 0 Å². The zero-order valence-electron chi connectivity index (χ0n) is 7.61. The summed E-state index contributed by atoms with van der Waals surface area (Å²) in [4.78, 5) is 0. The summed E-state index contributed by atoms with van der Waals surface area (Å²) in [5, 5.41) is 9.67. The Kier molecular flexibility index (Phi) is 2.42. The van der Waals surface area contributed by atoms with Crippen LogP contribution in [0.4, 0.5) is 8.78 Å². The van der Waals surface area contributed by atoms with E-state index in [0.717, 1.165) is 12.1 Å². The van der Waals surface area contributed by atoms with Crippen LogP contribution in [0.2, 0.25) is 0 Å². The summed E-state index contributed by atoms with van der Waals surface area (Å²) in [6, 6.07) is 2.49. The molecule has 1 atom stereocenters. The molecule has 15 heavy (non-hydrogen) atoms. The number of rotatable bonds is 2. The molecule has 1 heterocycles. The Balaban J connectivity index is 2.38. The number of nitrogens with one attached hydrogen (secondary N) is 1. The van der Waals surface area contributed by atoms with Crippen LogP contribution in [0.3, 0.4) is 0 Å². The smallest absolute Gasteiger partial charge is 0.131 e. The third-order valence-corrected chi connectivity index (χ3v) is 2.05. The second-order valence-corrected chi connectivity index (χ2v) is 3.04. The largest absolute Gasteiger partial charge is 0.319 e. The van der Waals surface area contributed by atoms with E-state index in [0.29, 0.717) is 5.69 Å². The van der Waals surface area contributed by atoms with Crippen LogP contribution < -0.4 is 5.73 Å². The van der Waals surface area contributed by atoms with Gasteiger partial charge in [0.05, 0.1) is 12.2 Å². The molecule has 2 rings (SSSR count). The summed E-state index contributed by atoms with van der Waals surface area (Å²) in [6.45, 7) is 0. The maximum absolute atomic E-state index is 13.3. The van der Waals surface area contributed by atoms with Gasteiger partial charge in [-0.1, -0.05) is 6.07 Å². The van der Waals surface area contributed by atoms with Crippen molar-refractivity contribution in [3.63, 3.8) is 0 Å². The van der Waals surface area contributed by atoms with Gasteiger partial charge in [0, 0.05) is 11.6 Å². The monoisotopic (exact) mass is 210 g/mol. The number of nitrogens with two attached hydrogens (primary N) is 1. The van der Waals surface area contributed by atoms with Gasteiger partial charge in [0.1, 0.15) is 17.3 Å². The highest BCUT2D eigenvalue weighted by Crippen LogP contribution is 2.20. The van der Waals surface area contributed by atoms with E-state index in [1.807, 2.05) is 0 Å². The van der Waals surface area contributed by atoms with Crippen LogP contribution in [-0.2, 0) is 0 Å². The minimum atomic E-state index is -0.746. The highest BCUT2D eigenvalue weighted by Gasteiger charge is 2.16. The molecule has 0 spiro atoms. The van der Waals surface area contributed by atoms with Gasteiger partial charge in [-0.05, 0) is 6.07 Å². The Morgan fingerprint density at radius 1 is 1.33 bits per heavy atom. The molecule has 6 heteroatoms. The zero-order chi connectivity index (χ0) is 10.8. The number of hydrogen-bond acceptors (Lipinski definition) is 3. The molecule has 0 amide bonds. The lowest BCUT2D eigenvalue weighted by atomic mass is 10.0. The average molecular weight is 210 g/mol.